The first-order valence-electron chi connectivity index (χ1n) is 8.06. The molecule has 1 atom stereocenters. The molecule has 0 radical (unpaired) electrons. The largest absolute Gasteiger partial charge is 0.411 e. The van der Waals surface area contributed by atoms with Crippen molar-refractivity contribution in [1.82, 2.24) is 10.2 Å². The zero-order valence-electron chi connectivity index (χ0n) is 14.6. The lowest BCUT2D eigenvalue weighted by molar-refractivity contribution is -0.115. The molecule has 0 fully saturated rings. The highest BCUT2D eigenvalue weighted by molar-refractivity contribution is 8.00. The average molecular weight is 388 g/mol. The molecule has 1 amide bonds. The van der Waals surface area contributed by atoms with Gasteiger partial charge >= 0.3 is 0 Å². The fourth-order valence-corrected chi connectivity index (χ4v) is 3.18. The number of halogens is 1. The summed E-state index contributed by atoms with van der Waals surface area (Å²) in [5.74, 6) is 0.253. The smallest absolute Gasteiger partial charge is 0.277 e. The Labute approximate surface area is 161 Å². The Morgan fingerprint density at radius 1 is 1.19 bits per heavy atom. The number of amides is 1. The molecule has 1 aromatic heterocycles. The molecule has 134 valence electrons. The van der Waals surface area contributed by atoms with Crippen LogP contribution in [0.2, 0.25) is 5.02 Å². The molecule has 2 aromatic carbocycles. The first kappa shape index (κ1) is 18.5. The van der Waals surface area contributed by atoms with E-state index in [4.69, 9.17) is 16.0 Å². The van der Waals surface area contributed by atoms with Gasteiger partial charge in [-0.2, -0.15) is 0 Å². The lowest BCUT2D eigenvalue weighted by Crippen LogP contribution is -2.22. The summed E-state index contributed by atoms with van der Waals surface area (Å²) in [4.78, 5) is 12.5. The van der Waals surface area contributed by atoms with E-state index < -0.39 is 0 Å². The number of aryl methyl sites for hydroxylation is 2. The van der Waals surface area contributed by atoms with Crippen molar-refractivity contribution in [3.63, 3.8) is 0 Å². The van der Waals surface area contributed by atoms with Gasteiger partial charge < -0.3 is 9.73 Å². The summed E-state index contributed by atoms with van der Waals surface area (Å²) in [6.07, 6.45) is 0. The maximum Gasteiger partial charge on any atom is 0.277 e. The van der Waals surface area contributed by atoms with E-state index >= 15 is 0 Å². The van der Waals surface area contributed by atoms with Crippen molar-refractivity contribution in [2.75, 3.05) is 5.32 Å². The van der Waals surface area contributed by atoms with E-state index in [1.165, 1.54) is 11.8 Å². The zero-order chi connectivity index (χ0) is 18.7. The summed E-state index contributed by atoms with van der Waals surface area (Å²) in [6, 6.07) is 13.1. The Bertz CT molecular complexity index is 942. The van der Waals surface area contributed by atoms with Gasteiger partial charge in [0.1, 0.15) is 0 Å². The third kappa shape index (κ3) is 4.45. The number of aromatic nitrogens is 2. The molecule has 0 saturated heterocycles. The SMILES string of the molecule is Cc1ccc(C)c(NC(=O)[C@H](C)Sc2nnc(-c3cccc(Cl)c3)o2)c1. The Kier molecular flexibility index (Phi) is 5.64. The third-order valence-corrected chi connectivity index (χ3v) is 4.95. The summed E-state index contributed by atoms with van der Waals surface area (Å²) >= 11 is 7.20. The van der Waals surface area contributed by atoms with Crippen molar-refractivity contribution in [1.29, 1.82) is 0 Å². The van der Waals surface area contributed by atoms with Crippen LogP contribution in [0.3, 0.4) is 0 Å². The quantitative estimate of drug-likeness (QED) is 0.615. The minimum absolute atomic E-state index is 0.119. The maximum atomic E-state index is 12.5. The number of thioether (sulfide) groups is 1. The van der Waals surface area contributed by atoms with Crippen LogP contribution in [0.4, 0.5) is 5.69 Å². The van der Waals surface area contributed by atoms with E-state index in [1.54, 1.807) is 19.1 Å². The average Bonchev–Trinajstić information content (AvgIpc) is 3.06. The van der Waals surface area contributed by atoms with Crippen molar-refractivity contribution < 1.29 is 9.21 Å². The van der Waals surface area contributed by atoms with E-state index in [-0.39, 0.29) is 11.2 Å². The molecule has 3 aromatic rings. The highest BCUT2D eigenvalue weighted by Crippen LogP contribution is 2.28. The van der Waals surface area contributed by atoms with Gasteiger partial charge in [0.05, 0.1) is 5.25 Å². The fourth-order valence-electron chi connectivity index (χ4n) is 2.31. The molecule has 5 nitrogen and oxygen atoms in total. The zero-order valence-corrected chi connectivity index (χ0v) is 16.2. The number of anilines is 1. The number of hydrogen-bond acceptors (Lipinski definition) is 5. The van der Waals surface area contributed by atoms with Crippen molar-refractivity contribution in [2.45, 2.75) is 31.2 Å². The number of hydrogen-bond donors (Lipinski definition) is 1. The Morgan fingerprint density at radius 2 is 2.00 bits per heavy atom. The summed E-state index contributed by atoms with van der Waals surface area (Å²) in [5, 5.41) is 11.5. The van der Waals surface area contributed by atoms with E-state index in [0.29, 0.717) is 16.1 Å². The molecule has 0 aliphatic heterocycles. The van der Waals surface area contributed by atoms with Crippen LogP contribution >= 0.6 is 23.4 Å². The fraction of sp³-hybridized carbons (Fsp3) is 0.211. The lowest BCUT2D eigenvalue weighted by atomic mass is 10.1. The number of nitrogens with one attached hydrogen (secondary N) is 1. The van der Waals surface area contributed by atoms with Crippen LogP contribution in [0.5, 0.6) is 0 Å². The molecule has 3 rings (SSSR count). The number of carbonyl (C=O) groups is 1. The molecule has 1 N–H and O–H groups in total. The summed E-state index contributed by atoms with van der Waals surface area (Å²) < 4.78 is 5.64. The summed E-state index contributed by atoms with van der Waals surface area (Å²) in [7, 11) is 0. The predicted octanol–water partition coefficient (Wildman–Crippen LogP) is 5.13. The van der Waals surface area contributed by atoms with Gasteiger partial charge in [-0.15, -0.1) is 10.2 Å². The molecule has 0 aliphatic rings. The van der Waals surface area contributed by atoms with Crippen LogP contribution in [0.1, 0.15) is 18.1 Å². The molecule has 0 unspecified atom stereocenters. The second-order valence-corrected chi connectivity index (χ2v) is 7.68. The van der Waals surface area contributed by atoms with Crippen molar-refractivity contribution in [3.8, 4) is 11.5 Å². The topological polar surface area (TPSA) is 68.0 Å². The highest BCUT2D eigenvalue weighted by Gasteiger charge is 2.19. The van der Waals surface area contributed by atoms with Crippen LogP contribution < -0.4 is 5.32 Å². The number of benzene rings is 2. The molecular weight excluding hydrogens is 370 g/mol. The molecule has 0 spiro atoms. The highest BCUT2D eigenvalue weighted by atomic mass is 35.5. The monoisotopic (exact) mass is 387 g/mol. The van der Waals surface area contributed by atoms with Crippen molar-refractivity contribution in [2.24, 2.45) is 0 Å². The summed E-state index contributed by atoms with van der Waals surface area (Å²) in [6.45, 7) is 5.75. The minimum Gasteiger partial charge on any atom is -0.411 e. The van der Waals surface area contributed by atoms with Gasteiger partial charge in [-0.3, -0.25) is 4.79 Å². The van der Waals surface area contributed by atoms with E-state index in [9.17, 15) is 4.79 Å². The first-order chi connectivity index (χ1) is 12.4. The van der Waals surface area contributed by atoms with Crippen LogP contribution in [-0.4, -0.2) is 21.4 Å². The minimum atomic E-state index is -0.387. The van der Waals surface area contributed by atoms with Crippen molar-refractivity contribution >= 4 is 35.0 Å². The molecule has 0 saturated carbocycles. The first-order valence-corrected chi connectivity index (χ1v) is 9.32. The maximum absolute atomic E-state index is 12.5. The Balaban J connectivity index is 1.67. The van der Waals surface area contributed by atoms with Gasteiger partial charge in [0.15, 0.2) is 0 Å². The predicted molar refractivity (Wildman–Crippen MR) is 105 cm³/mol. The Hall–Kier alpha value is -2.31. The van der Waals surface area contributed by atoms with Gasteiger partial charge in [-0.1, -0.05) is 41.6 Å². The summed E-state index contributed by atoms with van der Waals surface area (Å²) in [5.41, 5.74) is 3.66. The van der Waals surface area contributed by atoms with Gasteiger partial charge in [-0.25, -0.2) is 0 Å². The van der Waals surface area contributed by atoms with E-state index in [2.05, 4.69) is 15.5 Å². The molecule has 26 heavy (non-hydrogen) atoms. The normalized spacial score (nSPS) is 12.0. The van der Waals surface area contributed by atoms with Crippen molar-refractivity contribution in [3.05, 3.63) is 58.6 Å². The third-order valence-electron chi connectivity index (χ3n) is 3.78. The number of carbonyl (C=O) groups excluding carboxylic acids is 1. The number of rotatable bonds is 5. The van der Waals surface area contributed by atoms with Crippen LogP contribution in [0, 0.1) is 13.8 Å². The molecule has 0 bridgehead atoms. The molecule has 0 aliphatic carbocycles. The van der Waals surface area contributed by atoms with E-state index in [0.717, 1.165) is 22.4 Å². The van der Waals surface area contributed by atoms with E-state index in [1.807, 2.05) is 44.2 Å². The second kappa shape index (κ2) is 7.93. The Morgan fingerprint density at radius 3 is 2.77 bits per heavy atom. The molecular formula is C19H18ClN3O2S. The van der Waals surface area contributed by atoms with Gasteiger partial charge in [0.25, 0.3) is 5.22 Å². The number of nitrogens with zero attached hydrogens (tertiary/aromatic N) is 2. The standard InChI is InChI=1S/C19H18ClN3O2S/c1-11-7-8-12(2)16(9-11)21-17(24)13(3)26-19-23-22-18(25-19)14-5-4-6-15(20)10-14/h4-10,13H,1-3H3,(H,21,24)/t13-/m0/s1. The van der Waals surface area contributed by atoms with Gasteiger partial charge in [-0.05, 0) is 56.2 Å². The van der Waals surface area contributed by atoms with Crippen LogP contribution in [0.25, 0.3) is 11.5 Å². The van der Waals surface area contributed by atoms with Crippen LogP contribution in [-0.2, 0) is 4.79 Å². The second-order valence-electron chi connectivity index (χ2n) is 5.95. The lowest BCUT2D eigenvalue weighted by Gasteiger charge is -2.12. The van der Waals surface area contributed by atoms with Gasteiger partial charge in [0, 0.05) is 16.3 Å². The molecule has 7 heteroatoms. The van der Waals surface area contributed by atoms with Gasteiger partial charge in [0.2, 0.25) is 11.8 Å². The molecule has 1 heterocycles. The van der Waals surface area contributed by atoms with Crippen LogP contribution in [0.15, 0.2) is 52.1 Å².